The summed E-state index contributed by atoms with van der Waals surface area (Å²) in [6.45, 7) is 0.269. The number of nitrogens with one attached hydrogen (secondary N) is 2. The van der Waals surface area contributed by atoms with Crippen molar-refractivity contribution in [3.8, 4) is 0 Å². The average Bonchev–Trinajstić information content (AvgIpc) is 3.35. The third kappa shape index (κ3) is 3.35. The fourth-order valence-corrected chi connectivity index (χ4v) is 4.08. The minimum Gasteiger partial charge on any atom is -0.332 e. The van der Waals surface area contributed by atoms with Crippen molar-refractivity contribution in [2.45, 2.75) is 38.3 Å². The zero-order valence-electron chi connectivity index (χ0n) is 14.3. The largest absolute Gasteiger partial charge is 0.332 e. The van der Waals surface area contributed by atoms with Gasteiger partial charge in [0.05, 0.1) is 28.7 Å². The first-order chi connectivity index (χ1) is 12.7. The Morgan fingerprint density at radius 3 is 2.65 bits per heavy atom. The summed E-state index contributed by atoms with van der Waals surface area (Å²) < 4.78 is 1.63. The molecule has 2 N–H and O–H groups in total. The normalized spacial score (nSPS) is 14.6. The molecule has 0 saturated heterocycles. The summed E-state index contributed by atoms with van der Waals surface area (Å²) >= 11 is 1.46. The molecule has 0 atom stereocenters. The molecule has 1 aromatic carbocycles. The molecule has 6 nitrogen and oxygen atoms in total. The van der Waals surface area contributed by atoms with Gasteiger partial charge in [-0.1, -0.05) is 31.0 Å². The van der Waals surface area contributed by atoms with E-state index in [1.807, 2.05) is 41.8 Å². The summed E-state index contributed by atoms with van der Waals surface area (Å²) in [6.07, 6.45) is 4.22. The highest BCUT2D eigenvalue weighted by Crippen LogP contribution is 2.28. The topological polar surface area (TPSA) is 76.0 Å². The maximum absolute atomic E-state index is 12.8. The molecule has 1 saturated carbocycles. The minimum absolute atomic E-state index is 0.0423. The number of carbonyl (C=O) groups is 1. The van der Waals surface area contributed by atoms with E-state index in [2.05, 4.69) is 15.7 Å². The molecule has 0 unspecified atom stereocenters. The molecule has 2 heterocycles. The van der Waals surface area contributed by atoms with Crippen molar-refractivity contribution in [3.63, 3.8) is 0 Å². The van der Waals surface area contributed by atoms with E-state index in [9.17, 15) is 9.59 Å². The Morgan fingerprint density at radius 2 is 1.92 bits per heavy atom. The second kappa shape index (κ2) is 7.29. The van der Waals surface area contributed by atoms with Crippen LogP contribution in [0, 0.1) is 0 Å². The van der Waals surface area contributed by atoms with Crippen molar-refractivity contribution < 1.29 is 4.79 Å². The van der Waals surface area contributed by atoms with Crippen LogP contribution in [-0.2, 0) is 6.54 Å². The van der Waals surface area contributed by atoms with Crippen LogP contribution in [0.1, 0.15) is 37.4 Å². The summed E-state index contributed by atoms with van der Waals surface area (Å²) in [7, 11) is 0. The number of benzene rings is 1. The number of hydrogen-bond donors (Lipinski definition) is 2. The van der Waals surface area contributed by atoms with Gasteiger partial charge in [-0.25, -0.2) is 9.48 Å². The Hall–Kier alpha value is -2.67. The number of rotatable bonds is 4. The lowest BCUT2D eigenvalue weighted by molar-refractivity contribution is 0.251. The fraction of sp³-hybridized carbons (Fsp3) is 0.316. The number of carbonyl (C=O) groups excluding carboxylic acids is 1. The first-order valence-corrected chi connectivity index (χ1v) is 9.69. The quantitative estimate of drug-likeness (QED) is 0.733. The molecule has 3 aromatic rings. The SMILES string of the molecule is O=C(NCc1nn(C2CCCC2)c(=O)c2ccccc12)Nc1cccs1. The zero-order chi connectivity index (χ0) is 17.9. The number of aromatic nitrogens is 2. The van der Waals surface area contributed by atoms with Crippen LogP contribution in [-0.4, -0.2) is 15.8 Å². The third-order valence-corrected chi connectivity index (χ3v) is 5.54. The van der Waals surface area contributed by atoms with Gasteiger partial charge in [-0.05, 0) is 36.4 Å². The van der Waals surface area contributed by atoms with E-state index in [1.54, 1.807) is 4.68 Å². The summed E-state index contributed by atoms with van der Waals surface area (Å²) in [5.74, 6) is 0. The summed E-state index contributed by atoms with van der Waals surface area (Å²) in [4.78, 5) is 24.9. The Bertz CT molecular complexity index is 975. The second-order valence-corrected chi connectivity index (χ2v) is 7.41. The van der Waals surface area contributed by atoms with Crippen molar-refractivity contribution in [2.24, 2.45) is 0 Å². The van der Waals surface area contributed by atoms with E-state index >= 15 is 0 Å². The Morgan fingerprint density at radius 1 is 1.15 bits per heavy atom. The highest BCUT2D eigenvalue weighted by atomic mass is 32.1. The van der Waals surface area contributed by atoms with E-state index in [4.69, 9.17) is 0 Å². The molecule has 1 fully saturated rings. The van der Waals surface area contributed by atoms with E-state index < -0.39 is 0 Å². The lowest BCUT2D eigenvalue weighted by atomic mass is 10.1. The zero-order valence-corrected chi connectivity index (χ0v) is 15.1. The van der Waals surface area contributed by atoms with Gasteiger partial charge in [0, 0.05) is 5.39 Å². The van der Waals surface area contributed by atoms with Crippen LogP contribution in [0.3, 0.4) is 0 Å². The number of amides is 2. The Balaban J connectivity index is 1.62. The molecule has 2 amide bonds. The van der Waals surface area contributed by atoms with Gasteiger partial charge in [-0.15, -0.1) is 11.3 Å². The first-order valence-electron chi connectivity index (χ1n) is 8.81. The lowest BCUT2D eigenvalue weighted by Crippen LogP contribution is -2.32. The first kappa shape index (κ1) is 16.8. The number of urea groups is 1. The molecule has 2 aromatic heterocycles. The highest BCUT2D eigenvalue weighted by molar-refractivity contribution is 7.14. The summed E-state index contributed by atoms with van der Waals surface area (Å²) in [6, 6.07) is 11.1. The lowest BCUT2D eigenvalue weighted by Gasteiger charge is -2.16. The maximum atomic E-state index is 12.8. The predicted molar refractivity (Wildman–Crippen MR) is 104 cm³/mol. The highest BCUT2D eigenvalue weighted by Gasteiger charge is 2.21. The Kier molecular flexibility index (Phi) is 4.71. The van der Waals surface area contributed by atoms with Crippen molar-refractivity contribution in [1.82, 2.24) is 15.1 Å². The molecular weight excluding hydrogens is 348 g/mol. The molecule has 0 spiro atoms. The molecule has 26 heavy (non-hydrogen) atoms. The molecule has 4 rings (SSSR count). The van der Waals surface area contributed by atoms with Gasteiger partial charge in [-0.2, -0.15) is 5.10 Å². The van der Waals surface area contributed by atoms with Crippen LogP contribution >= 0.6 is 11.3 Å². The molecule has 0 aliphatic heterocycles. The standard InChI is InChI=1S/C19H20N4O2S/c24-18-15-9-4-3-8-14(15)16(22-23(18)13-6-1-2-7-13)12-20-19(25)21-17-10-5-11-26-17/h3-5,8-11,13H,1-2,6-7,12H2,(H2,20,21,25). The number of fused-ring (bicyclic) bond motifs is 1. The van der Waals surface area contributed by atoms with Crippen molar-refractivity contribution in [3.05, 3.63) is 57.8 Å². The summed E-state index contributed by atoms with van der Waals surface area (Å²) in [5, 5.41) is 14.4. The van der Waals surface area contributed by atoms with E-state index in [0.29, 0.717) is 11.1 Å². The second-order valence-electron chi connectivity index (χ2n) is 6.47. The van der Waals surface area contributed by atoms with Gasteiger partial charge < -0.3 is 5.32 Å². The van der Waals surface area contributed by atoms with Crippen LogP contribution < -0.4 is 16.2 Å². The van der Waals surface area contributed by atoms with Crippen LogP contribution in [0.15, 0.2) is 46.6 Å². The monoisotopic (exact) mass is 368 g/mol. The minimum atomic E-state index is -0.281. The van der Waals surface area contributed by atoms with Crippen LogP contribution in [0.4, 0.5) is 9.80 Å². The number of anilines is 1. The van der Waals surface area contributed by atoms with Gasteiger partial charge in [0.1, 0.15) is 0 Å². The fourth-order valence-electron chi connectivity index (χ4n) is 3.47. The summed E-state index contributed by atoms with van der Waals surface area (Å²) in [5.41, 5.74) is 0.674. The van der Waals surface area contributed by atoms with Crippen LogP contribution in [0.25, 0.3) is 10.8 Å². The number of nitrogens with zero attached hydrogens (tertiary/aromatic N) is 2. The molecule has 134 valence electrons. The van der Waals surface area contributed by atoms with Gasteiger partial charge in [-0.3, -0.25) is 10.1 Å². The molecule has 0 bridgehead atoms. The molecule has 0 radical (unpaired) electrons. The third-order valence-electron chi connectivity index (χ3n) is 4.75. The van der Waals surface area contributed by atoms with Crippen LogP contribution in [0.2, 0.25) is 0 Å². The maximum Gasteiger partial charge on any atom is 0.320 e. The van der Waals surface area contributed by atoms with Gasteiger partial charge in [0.25, 0.3) is 5.56 Å². The van der Waals surface area contributed by atoms with Gasteiger partial charge in [0.15, 0.2) is 0 Å². The average molecular weight is 368 g/mol. The van der Waals surface area contributed by atoms with E-state index in [-0.39, 0.29) is 24.2 Å². The van der Waals surface area contributed by atoms with E-state index in [0.717, 1.165) is 36.1 Å². The van der Waals surface area contributed by atoms with E-state index in [1.165, 1.54) is 11.3 Å². The molecule has 7 heteroatoms. The molecule has 1 aliphatic rings. The Labute approximate surface area is 154 Å². The smallest absolute Gasteiger partial charge is 0.320 e. The van der Waals surface area contributed by atoms with Gasteiger partial charge in [0.2, 0.25) is 0 Å². The number of thiophene rings is 1. The predicted octanol–water partition coefficient (Wildman–Crippen LogP) is 3.89. The molecular formula is C19H20N4O2S. The molecule has 1 aliphatic carbocycles. The van der Waals surface area contributed by atoms with Crippen molar-refractivity contribution in [1.29, 1.82) is 0 Å². The van der Waals surface area contributed by atoms with Crippen molar-refractivity contribution >= 4 is 33.1 Å². The van der Waals surface area contributed by atoms with Crippen LogP contribution in [0.5, 0.6) is 0 Å². The van der Waals surface area contributed by atoms with Gasteiger partial charge >= 0.3 is 6.03 Å². The van der Waals surface area contributed by atoms with Crippen molar-refractivity contribution in [2.75, 3.05) is 5.32 Å². The number of hydrogen-bond acceptors (Lipinski definition) is 4.